The van der Waals surface area contributed by atoms with Crippen LogP contribution < -0.4 is 5.32 Å². The van der Waals surface area contributed by atoms with Gasteiger partial charge in [0, 0.05) is 11.4 Å². The molecule has 0 saturated carbocycles. The minimum Gasteiger partial charge on any atom is -0.321 e. The number of nitrogens with one attached hydrogen (secondary N) is 1. The number of carbonyl (C=O) groups excluding carboxylic acids is 1. The summed E-state index contributed by atoms with van der Waals surface area (Å²) in [6.45, 7) is 5.84. The largest absolute Gasteiger partial charge is 0.321 e. The van der Waals surface area contributed by atoms with E-state index in [-0.39, 0.29) is 23.5 Å². The molecule has 1 aliphatic rings. The number of hydrogen-bond acceptors (Lipinski definition) is 4. The Labute approximate surface area is 141 Å². The first kappa shape index (κ1) is 16.7. The van der Waals surface area contributed by atoms with Gasteiger partial charge in [-0.3, -0.25) is 9.48 Å². The molecule has 6 nitrogen and oxygen atoms in total. The van der Waals surface area contributed by atoms with Gasteiger partial charge in [-0.15, -0.1) is 0 Å². The van der Waals surface area contributed by atoms with Crippen molar-refractivity contribution in [1.82, 2.24) is 9.78 Å². The first-order valence-corrected chi connectivity index (χ1v) is 9.72. The van der Waals surface area contributed by atoms with Gasteiger partial charge in [0.05, 0.1) is 17.5 Å². The summed E-state index contributed by atoms with van der Waals surface area (Å²) in [5, 5.41) is 7.17. The van der Waals surface area contributed by atoms with Crippen LogP contribution in [0.15, 0.2) is 24.3 Å². The van der Waals surface area contributed by atoms with E-state index in [4.69, 9.17) is 0 Å². The summed E-state index contributed by atoms with van der Waals surface area (Å²) in [7, 11) is -2.99. The van der Waals surface area contributed by atoms with Crippen molar-refractivity contribution >= 4 is 21.4 Å². The summed E-state index contributed by atoms with van der Waals surface area (Å²) in [4.78, 5) is 12.4. The fourth-order valence-electron chi connectivity index (χ4n) is 2.95. The number of hydrogen-bond donors (Lipinski definition) is 1. The number of amides is 1. The number of aryl methyl sites for hydroxylation is 3. The lowest BCUT2D eigenvalue weighted by Crippen LogP contribution is -2.16. The lowest BCUT2D eigenvalue weighted by atomic mass is 10.1. The zero-order chi connectivity index (χ0) is 17.5. The Balaban J connectivity index is 1.79. The van der Waals surface area contributed by atoms with Gasteiger partial charge in [0.15, 0.2) is 15.5 Å². The Hall–Kier alpha value is -2.15. The van der Waals surface area contributed by atoms with Crippen molar-refractivity contribution in [2.75, 3.05) is 16.8 Å². The molecule has 1 fully saturated rings. The van der Waals surface area contributed by atoms with Crippen LogP contribution in [0.25, 0.3) is 0 Å². The minimum absolute atomic E-state index is 0.0910. The topological polar surface area (TPSA) is 81.1 Å². The van der Waals surface area contributed by atoms with E-state index in [2.05, 4.69) is 10.4 Å². The fourth-order valence-corrected chi connectivity index (χ4v) is 4.64. The van der Waals surface area contributed by atoms with Gasteiger partial charge in [0.2, 0.25) is 0 Å². The van der Waals surface area contributed by atoms with Gasteiger partial charge in [-0.2, -0.15) is 5.10 Å². The molecule has 128 valence electrons. The minimum atomic E-state index is -2.99. The highest BCUT2D eigenvalue weighted by molar-refractivity contribution is 7.91. The van der Waals surface area contributed by atoms with Crippen LogP contribution in [0.4, 0.5) is 5.69 Å². The van der Waals surface area contributed by atoms with E-state index >= 15 is 0 Å². The zero-order valence-corrected chi connectivity index (χ0v) is 14.9. The number of nitrogens with zero attached hydrogens (tertiary/aromatic N) is 2. The van der Waals surface area contributed by atoms with Crippen molar-refractivity contribution in [3.8, 4) is 0 Å². The highest BCUT2D eigenvalue weighted by atomic mass is 32.2. The van der Waals surface area contributed by atoms with Gasteiger partial charge in [-0.05, 0) is 56.5 Å². The van der Waals surface area contributed by atoms with E-state index in [0.29, 0.717) is 12.1 Å². The second-order valence-corrected chi connectivity index (χ2v) is 8.65. The van der Waals surface area contributed by atoms with E-state index in [1.54, 1.807) is 10.7 Å². The molecule has 1 aliphatic heterocycles. The van der Waals surface area contributed by atoms with Gasteiger partial charge in [-0.1, -0.05) is 6.07 Å². The molecule has 1 amide bonds. The van der Waals surface area contributed by atoms with E-state index < -0.39 is 9.84 Å². The predicted molar refractivity (Wildman–Crippen MR) is 93.1 cm³/mol. The van der Waals surface area contributed by atoms with Crippen LogP contribution in [0.3, 0.4) is 0 Å². The number of sulfone groups is 1. The van der Waals surface area contributed by atoms with Crippen LogP contribution in [0.1, 0.15) is 39.8 Å². The van der Waals surface area contributed by atoms with Gasteiger partial charge < -0.3 is 5.32 Å². The van der Waals surface area contributed by atoms with Crippen molar-refractivity contribution in [3.63, 3.8) is 0 Å². The molecule has 1 N–H and O–H groups in total. The van der Waals surface area contributed by atoms with Crippen molar-refractivity contribution in [2.45, 2.75) is 33.2 Å². The maximum atomic E-state index is 12.4. The standard InChI is InChI=1S/C17H21N3O3S/c1-11-4-5-14(8-12(11)2)18-17(21)16-9-13(3)20(19-16)15-6-7-24(22,23)10-15/h4-5,8-9,15H,6-7,10H2,1-3H3,(H,18,21). The SMILES string of the molecule is Cc1ccc(NC(=O)c2cc(C)n(C3CCS(=O)(=O)C3)n2)cc1C. The van der Waals surface area contributed by atoms with Crippen LogP contribution in [0, 0.1) is 20.8 Å². The maximum Gasteiger partial charge on any atom is 0.276 e. The van der Waals surface area contributed by atoms with Crippen LogP contribution in [-0.4, -0.2) is 35.6 Å². The molecule has 0 spiro atoms. The Morgan fingerprint density at radius 1 is 1.21 bits per heavy atom. The molecule has 3 rings (SSSR count). The van der Waals surface area contributed by atoms with Crippen molar-refractivity contribution in [3.05, 3.63) is 46.8 Å². The van der Waals surface area contributed by atoms with E-state index in [1.807, 2.05) is 39.0 Å². The molecule has 2 heterocycles. The number of rotatable bonds is 3. The fraction of sp³-hybridized carbons (Fsp3) is 0.412. The number of aromatic nitrogens is 2. The number of carbonyl (C=O) groups is 1. The third-order valence-corrected chi connectivity index (χ3v) is 6.22. The van der Waals surface area contributed by atoms with Crippen molar-refractivity contribution in [2.24, 2.45) is 0 Å². The lowest BCUT2D eigenvalue weighted by Gasteiger charge is -2.10. The van der Waals surface area contributed by atoms with Gasteiger partial charge in [0.25, 0.3) is 5.91 Å². The van der Waals surface area contributed by atoms with Crippen LogP contribution in [-0.2, 0) is 9.84 Å². The van der Waals surface area contributed by atoms with Crippen LogP contribution in [0.2, 0.25) is 0 Å². The summed E-state index contributed by atoms with van der Waals surface area (Å²) in [6, 6.07) is 7.24. The molecular weight excluding hydrogens is 326 g/mol. The summed E-state index contributed by atoms with van der Waals surface area (Å²) >= 11 is 0. The molecule has 1 atom stereocenters. The van der Waals surface area contributed by atoms with Gasteiger partial charge in [0.1, 0.15) is 0 Å². The number of anilines is 1. The smallest absolute Gasteiger partial charge is 0.276 e. The molecule has 0 bridgehead atoms. The van der Waals surface area contributed by atoms with Crippen LogP contribution in [0.5, 0.6) is 0 Å². The molecule has 0 radical (unpaired) electrons. The number of benzene rings is 1. The molecule has 1 aromatic heterocycles. The Morgan fingerprint density at radius 2 is 1.96 bits per heavy atom. The molecule has 0 aliphatic carbocycles. The third-order valence-electron chi connectivity index (χ3n) is 4.47. The Morgan fingerprint density at radius 3 is 2.58 bits per heavy atom. The Kier molecular flexibility index (Phi) is 4.21. The average Bonchev–Trinajstić information content (AvgIpc) is 3.05. The van der Waals surface area contributed by atoms with Crippen molar-refractivity contribution in [1.29, 1.82) is 0 Å². The molecule has 2 aromatic rings. The summed E-state index contributed by atoms with van der Waals surface area (Å²) in [6.07, 6.45) is 0.545. The van der Waals surface area contributed by atoms with Gasteiger partial charge >= 0.3 is 0 Å². The van der Waals surface area contributed by atoms with Crippen LogP contribution >= 0.6 is 0 Å². The quantitative estimate of drug-likeness (QED) is 0.924. The maximum absolute atomic E-state index is 12.4. The second-order valence-electron chi connectivity index (χ2n) is 6.43. The molecule has 1 saturated heterocycles. The second kappa shape index (κ2) is 6.05. The first-order chi connectivity index (χ1) is 11.2. The lowest BCUT2D eigenvalue weighted by molar-refractivity contribution is 0.102. The summed E-state index contributed by atoms with van der Waals surface area (Å²) < 4.78 is 25.0. The van der Waals surface area contributed by atoms with E-state index in [9.17, 15) is 13.2 Å². The van der Waals surface area contributed by atoms with E-state index in [1.165, 1.54) is 0 Å². The predicted octanol–water partition coefficient (Wildman–Crippen LogP) is 2.42. The third kappa shape index (κ3) is 3.36. The molecule has 24 heavy (non-hydrogen) atoms. The molecule has 7 heteroatoms. The summed E-state index contributed by atoms with van der Waals surface area (Å²) in [5.41, 5.74) is 4.08. The Bertz CT molecular complexity index is 900. The first-order valence-electron chi connectivity index (χ1n) is 7.90. The molecule has 1 unspecified atom stereocenters. The van der Waals surface area contributed by atoms with Crippen molar-refractivity contribution < 1.29 is 13.2 Å². The summed E-state index contributed by atoms with van der Waals surface area (Å²) in [5.74, 6) is -0.0181. The average molecular weight is 347 g/mol. The van der Waals surface area contributed by atoms with E-state index in [0.717, 1.165) is 22.5 Å². The molecular formula is C17H21N3O3S. The normalized spacial score (nSPS) is 19.4. The molecule has 1 aromatic carbocycles. The monoisotopic (exact) mass is 347 g/mol. The highest BCUT2D eigenvalue weighted by Crippen LogP contribution is 2.25. The zero-order valence-electron chi connectivity index (χ0n) is 14.0. The van der Waals surface area contributed by atoms with Gasteiger partial charge in [-0.25, -0.2) is 8.42 Å². The highest BCUT2D eigenvalue weighted by Gasteiger charge is 2.31.